The summed E-state index contributed by atoms with van der Waals surface area (Å²) in [6.07, 6.45) is 5.54. The second kappa shape index (κ2) is 9.60. The van der Waals surface area contributed by atoms with Crippen molar-refractivity contribution >= 4 is 14.7 Å². The highest BCUT2D eigenvalue weighted by Crippen LogP contribution is 2.33. The van der Waals surface area contributed by atoms with Gasteiger partial charge in [0.2, 0.25) is 0 Å². The average Bonchev–Trinajstić information content (AvgIpc) is 2.55. The van der Waals surface area contributed by atoms with Crippen LogP contribution in [-0.2, 0) is 0 Å². The maximum Gasteiger partial charge on any atom is 0.573 e. The summed E-state index contributed by atoms with van der Waals surface area (Å²) in [5, 5.41) is 0.872. The summed E-state index contributed by atoms with van der Waals surface area (Å²) in [4.78, 5) is 0. The van der Waals surface area contributed by atoms with E-state index < -0.39 is 27.4 Å². The summed E-state index contributed by atoms with van der Waals surface area (Å²) < 4.78 is 53.9. The summed E-state index contributed by atoms with van der Waals surface area (Å²) in [6, 6.07) is 5.03. The van der Waals surface area contributed by atoms with Gasteiger partial charge in [0.05, 0.1) is 9.52 Å². The summed E-state index contributed by atoms with van der Waals surface area (Å²) in [5.74, 6) is -0.0660. The van der Waals surface area contributed by atoms with Crippen LogP contribution >= 0.6 is 0 Å². The average molecular weight is 377 g/mol. The fourth-order valence-corrected chi connectivity index (χ4v) is 5.70. The Hall–Kier alpha value is -1.04. The molecule has 0 amide bonds. The van der Waals surface area contributed by atoms with Crippen LogP contribution in [0.1, 0.15) is 58.3 Å². The first kappa shape index (κ1) is 20.3. The van der Waals surface area contributed by atoms with Crippen LogP contribution in [0.2, 0.25) is 6.04 Å². The van der Waals surface area contributed by atoms with Crippen LogP contribution in [0.15, 0.2) is 18.2 Å². The smallest absolute Gasteiger partial charge is 0.403 e. The third kappa shape index (κ3) is 7.38. The lowest BCUT2D eigenvalue weighted by Gasteiger charge is -2.28. The molecule has 0 bridgehead atoms. The SMILES string of the molecule is CCCCCC1CCC(C[SiH2]c2ccc(OC(F)(F)F)c(F)c2)CC1. The van der Waals surface area contributed by atoms with E-state index in [0.29, 0.717) is 5.92 Å². The number of rotatable bonds is 8. The van der Waals surface area contributed by atoms with Crippen molar-refractivity contribution < 1.29 is 22.3 Å². The first-order valence-corrected chi connectivity index (χ1v) is 11.1. The highest BCUT2D eigenvalue weighted by atomic mass is 28.2. The standard InChI is InChI=1S/C19H28F4OSi/c1-2-3-4-5-14-6-8-15(9-7-14)13-25-16-10-11-18(17(20)12-16)24-19(21,22)23/h10-12,14-15H,2-9,13,25H2,1H3. The van der Waals surface area contributed by atoms with Crippen molar-refractivity contribution in [3.8, 4) is 5.75 Å². The van der Waals surface area contributed by atoms with Gasteiger partial charge in [-0.1, -0.05) is 75.6 Å². The van der Waals surface area contributed by atoms with E-state index in [4.69, 9.17) is 0 Å². The minimum Gasteiger partial charge on any atom is -0.403 e. The van der Waals surface area contributed by atoms with Gasteiger partial charge in [-0.3, -0.25) is 0 Å². The van der Waals surface area contributed by atoms with E-state index in [9.17, 15) is 17.6 Å². The maximum absolute atomic E-state index is 13.7. The summed E-state index contributed by atoms with van der Waals surface area (Å²) >= 11 is 0. The Morgan fingerprint density at radius 3 is 2.36 bits per heavy atom. The van der Waals surface area contributed by atoms with Gasteiger partial charge in [-0.2, -0.15) is 0 Å². The van der Waals surface area contributed by atoms with Crippen molar-refractivity contribution in [1.29, 1.82) is 0 Å². The predicted molar refractivity (Wildman–Crippen MR) is 95.7 cm³/mol. The Labute approximate surface area is 150 Å². The van der Waals surface area contributed by atoms with Gasteiger partial charge >= 0.3 is 6.36 Å². The largest absolute Gasteiger partial charge is 0.573 e. The van der Waals surface area contributed by atoms with Crippen LogP contribution in [0.5, 0.6) is 5.75 Å². The maximum atomic E-state index is 13.7. The fourth-order valence-electron chi connectivity index (χ4n) is 3.77. The van der Waals surface area contributed by atoms with Gasteiger partial charge in [-0.15, -0.1) is 13.2 Å². The Balaban J connectivity index is 1.74. The normalized spacial score (nSPS) is 21.8. The predicted octanol–water partition coefficient (Wildman–Crippen LogP) is 5.32. The molecule has 1 nitrogen and oxygen atoms in total. The second-order valence-electron chi connectivity index (χ2n) is 7.23. The van der Waals surface area contributed by atoms with E-state index in [2.05, 4.69) is 11.7 Å². The van der Waals surface area contributed by atoms with E-state index in [1.54, 1.807) is 6.07 Å². The molecule has 0 aliphatic heterocycles. The molecule has 0 heterocycles. The lowest BCUT2D eigenvalue weighted by Crippen LogP contribution is -2.22. The molecule has 0 spiro atoms. The number of hydrogen-bond acceptors (Lipinski definition) is 1. The first-order valence-electron chi connectivity index (χ1n) is 9.41. The highest BCUT2D eigenvalue weighted by molar-refractivity contribution is 6.53. The van der Waals surface area contributed by atoms with Crippen molar-refractivity contribution in [3.05, 3.63) is 24.0 Å². The van der Waals surface area contributed by atoms with Gasteiger partial charge in [-0.05, 0) is 24.0 Å². The molecule has 1 aromatic rings. The minimum absolute atomic E-state index is 0.649. The molecule has 1 saturated carbocycles. The van der Waals surface area contributed by atoms with E-state index in [1.807, 2.05) is 0 Å². The van der Waals surface area contributed by atoms with E-state index in [1.165, 1.54) is 57.4 Å². The fraction of sp³-hybridized carbons (Fsp3) is 0.684. The van der Waals surface area contributed by atoms with Crippen LogP contribution in [0, 0.1) is 17.7 Å². The van der Waals surface area contributed by atoms with Gasteiger partial charge in [0.1, 0.15) is 0 Å². The minimum atomic E-state index is -4.85. The molecule has 1 fully saturated rings. The van der Waals surface area contributed by atoms with Crippen LogP contribution in [0.25, 0.3) is 0 Å². The molecule has 1 aliphatic rings. The quantitative estimate of drug-likeness (QED) is 0.339. The topological polar surface area (TPSA) is 9.23 Å². The lowest BCUT2D eigenvalue weighted by atomic mass is 9.80. The molecule has 0 N–H and O–H groups in total. The molecule has 25 heavy (non-hydrogen) atoms. The Morgan fingerprint density at radius 1 is 1.08 bits per heavy atom. The number of benzene rings is 1. The molecule has 1 aromatic carbocycles. The lowest BCUT2D eigenvalue weighted by molar-refractivity contribution is -0.275. The molecule has 6 heteroatoms. The van der Waals surface area contributed by atoms with Gasteiger partial charge in [0.25, 0.3) is 0 Å². The molecule has 0 saturated heterocycles. The molecule has 0 unspecified atom stereocenters. The molecule has 0 radical (unpaired) electrons. The van der Waals surface area contributed by atoms with Gasteiger partial charge in [0.15, 0.2) is 11.6 Å². The second-order valence-corrected chi connectivity index (χ2v) is 9.13. The van der Waals surface area contributed by atoms with Crippen LogP contribution in [0.3, 0.4) is 0 Å². The number of halogens is 4. The van der Waals surface area contributed by atoms with Crippen molar-refractivity contribution in [1.82, 2.24) is 0 Å². The van der Waals surface area contributed by atoms with Crippen molar-refractivity contribution in [2.45, 2.75) is 70.7 Å². The highest BCUT2D eigenvalue weighted by Gasteiger charge is 2.32. The molecule has 142 valence electrons. The third-order valence-electron chi connectivity index (χ3n) is 5.25. The van der Waals surface area contributed by atoms with E-state index in [0.717, 1.165) is 23.2 Å². The number of unbranched alkanes of at least 4 members (excludes halogenated alkanes) is 2. The molecule has 1 aliphatic carbocycles. The Bertz CT molecular complexity index is 525. The van der Waals surface area contributed by atoms with Crippen LogP contribution in [0.4, 0.5) is 17.6 Å². The van der Waals surface area contributed by atoms with Gasteiger partial charge in [-0.25, -0.2) is 4.39 Å². The summed E-state index contributed by atoms with van der Waals surface area (Å²) in [5.41, 5.74) is 0. The molecule has 0 atom stereocenters. The monoisotopic (exact) mass is 376 g/mol. The molecular formula is C19H28F4OSi. The first-order chi connectivity index (χ1) is 11.9. The van der Waals surface area contributed by atoms with Crippen molar-refractivity contribution in [2.75, 3.05) is 0 Å². The molecule has 0 aromatic heterocycles. The summed E-state index contributed by atoms with van der Waals surface area (Å²) in [7, 11) is -0.649. The van der Waals surface area contributed by atoms with Crippen molar-refractivity contribution in [3.63, 3.8) is 0 Å². The van der Waals surface area contributed by atoms with Crippen molar-refractivity contribution in [2.24, 2.45) is 11.8 Å². The Kier molecular flexibility index (Phi) is 7.78. The zero-order chi connectivity index (χ0) is 18.3. The van der Waals surface area contributed by atoms with Gasteiger partial charge in [0, 0.05) is 0 Å². The van der Waals surface area contributed by atoms with Gasteiger partial charge < -0.3 is 4.74 Å². The zero-order valence-corrected chi connectivity index (χ0v) is 16.3. The summed E-state index contributed by atoms with van der Waals surface area (Å²) in [6.45, 7) is 2.23. The third-order valence-corrected chi connectivity index (χ3v) is 7.37. The van der Waals surface area contributed by atoms with Crippen LogP contribution in [-0.4, -0.2) is 15.9 Å². The van der Waals surface area contributed by atoms with E-state index in [-0.39, 0.29) is 0 Å². The number of alkyl halides is 3. The molecular weight excluding hydrogens is 348 g/mol. The zero-order valence-electron chi connectivity index (χ0n) is 14.9. The van der Waals surface area contributed by atoms with E-state index >= 15 is 0 Å². The number of ether oxygens (including phenoxy) is 1. The number of hydrogen-bond donors (Lipinski definition) is 0. The Morgan fingerprint density at radius 2 is 1.76 bits per heavy atom. The molecule has 2 rings (SSSR count). The van der Waals surface area contributed by atoms with Crippen LogP contribution < -0.4 is 9.92 Å².